The molecule has 0 aromatic carbocycles. The third kappa shape index (κ3) is 4.10. The van der Waals surface area contributed by atoms with Gasteiger partial charge in [0.1, 0.15) is 5.82 Å². The smallest absolute Gasteiger partial charge is 0.290 e. The molecule has 0 bridgehead atoms. The van der Waals surface area contributed by atoms with Crippen LogP contribution in [0.25, 0.3) is 0 Å². The number of aromatic nitrogens is 3. The number of aryl methyl sites for hydroxylation is 1. The Labute approximate surface area is 107 Å². The molecule has 1 heterocycles. The first-order valence-electron chi connectivity index (χ1n) is 6.56. The van der Waals surface area contributed by atoms with E-state index in [9.17, 15) is 4.79 Å². The molecule has 1 amide bonds. The quantitative estimate of drug-likeness (QED) is 0.674. The van der Waals surface area contributed by atoms with Crippen LogP contribution in [0.1, 0.15) is 42.6 Å². The van der Waals surface area contributed by atoms with Crippen molar-refractivity contribution in [3.63, 3.8) is 0 Å². The highest BCUT2D eigenvalue weighted by Crippen LogP contribution is 2.28. The maximum atomic E-state index is 11.6. The molecule has 0 saturated heterocycles. The number of ether oxygens (including phenoxy) is 1. The number of hydrogen-bond donors (Lipinski definition) is 2. The van der Waals surface area contributed by atoms with Crippen molar-refractivity contribution in [1.82, 2.24) is 20.5 Å². The van der Waals surface area contributed by atoms with Gasteiger partial charge in [0.05, 0.1) is 0 Å². The Hall–Kier alpha value is -1.43. The first kappa shape index (κ1) is 13.0. The summed E-state index contributed by atoms with van der Waals surface area (Å²) in [5.74, 6) is 1.51. The van der Waals surface area contributed by atoms with Crippen LogP contribution in [0.5, 0.6) is 0 Å². The highest BCUT2D eigenvalue weighted by Gasteiger charge is 2.20. The van der Waals surface area contributed by atoms with Crippen molar-refractivity contribution in [3.05, 3.63) is 11.6 Å². The van der Waals surface area contributed by atoms with Gasteiger partial charge in [0.25, 0.3) is 5.91 Å². The van der Waals surface area contributed by atoms with Crippen molar-refractivity contribution in [2.75, 3.05) is 19.8 Å². The maximum Gasteiger partial charge on any atom is 0.290 e. The van der Waals surface area contributed by atoms with Gasteiger partial charge in [-0.1, -0.05) is 6.92 Å². The van der Waals surface area contributed by atoms with Gasteiger partial charge in [-0.3, -0.25) is 9.89 Å². The summed E-state index contributed by atoms with van der Waals surface area (Å²) in [5, 5.41) is 9.35. The van der Waals surface area contributed by atoms with E-state index in [-0.39, 0.29) is 11.7 Å². The molecule has 1 aromatic heterocycles. The average molecular weight is 252 g/mol. The standard InChI is InChI=1S/C12H20N4O2/c1-2-10-14-11(16-15-10)12(17)13-6-3-7-18-8-9-4-5-9/h9H,2-8H2,1H3,(H,13,17)(H,14,15,16). The molecular weight excluding hydrogens is 232 g/mol. The fraction of sp³-hybridized carbons (Fsp3) is 0.750. The van der Waals surface area contributed by atoms with E-state index in [2.05, 4.69) is 20.5 Å². The molecule has 18 heavy (non-hydrogen) atoms. The Morgan fingerprint density at radius 1 is 1.56 bits per heavy atom. The minimum atomic E-state index is -0.229. The van der Waals surface area contributed by atoms with Crippen LogP contribution in [-0.2, 0) is 11.2 Å². The molecule has 100 valence electrons. The van der Waals surface area contributed by atoms with Gasteiger partial charge >= 0.3 is 0 Å². The molecule has 1 aliphatic rings. The van der Waals surface area contributed by atoms with E-state index >= 15 is 0 Å². The molecule has 6 nitrogen and oxygen atoms in total. The van der Waals surface area contributed by atoms with Gasteiger partial charge in [-0.05, 0) is 25.2 Å². The molecule has 1 fully saturated rings. The lowest BCUT2D eigenvalue weighted by Crippen LogP contribution is -2.26. The fourth-order valence-corrected chi connectivity index (χ4v) is 1.54. The number of carbonyl (C=O) groups excluding carboxylic acids is 1. The molecule has 2 N–H and O–H groups in total. The van der Waals surface area contributed by atoms with Gasteiger partial charge in [-0.2, -0.15) is 0 Å². The Morgan fingerprint density at radius 3 is 3.06 bits per heavy atom. The topological polar surface area (TPSA) is 79.9 Å². The zero-order valence-electron chi connectivity index (χ0n) is 10.7. The van der Waals surface area contributed by atoms with Crippen LogP contribution < -0.4 is 5.32 Å². The molecule has 0 unspecified atom stereocenters. The number of rotatable bonds is 8. The normalized spacial score (nSPS) is 14.7. The van der Waals surface area contributed by atoms with Crippen LogP contribution >= 0.6 is 0 Å². The molecule has 0 radical (unpaired) electrons. The van der Waals surface area contributed by atoms with Crippen molar-refractivity contribution in [3.8, 4) is 0 Å². The summed E-state index contributed by atoms with van der Waals surface area (Å²) < 4.78 is 5.48. The third-order valence-electron chi connectivity index (χ3n) is 2.87. The molecule has 0 spiro atoms. The molecule has 2 rings (SSSR count). The minimum absolute atomic E-state index is 0.214. The van der Waals surface area contributed by atoms with Crippen LogP contribution in [0.15, 0.2) is 0 Å². The second-order valence-electron chi connectivity index (χ2n) is 4.59. The molecule has 1 aromatic rings. The van der Waals surface area contributed by atoms with Gasteiger partial charge < -0.3 is 10.1 Å². The van der Waals surface area contributed by atoms with Crippen molar-refractivity contribution in [1.29, 1.82) is 0 Å². The number of nitrogens with zero attached hydrogens (tertiary/aromatic N) is 2. The van der Waals surface area contributed by atoms with Gasteiger partial charge in [0.15, 0.2) is 0 Å². The molecule has 1 aliphatic carbocycles. The zero-order chi connectivity index (χ0) is 12.8. The van der Waals surface area contributed by atoms with Gasteiger partial charge in [-0.25, -0.2) is 4.98 Å². The van der Waals surface area contributed by atoms with Crippen LogP contribution in [0.3, 0.4) is 0 Å². The van der Waals surface area contributed by atoms with Crippen molar-refractivity contribution < 1.29 is 9.53 Å². The lowest BCUT2D eigenvalue weighted by Gasteiger charge is -2.03. The van der Waals surface area contributed by atoms with E-state index in [0.29, 0.717) is 13.2 Å². The van der Waals surface area contributed by atoms with Crippen LogP contribution in [0, 0.1) is 5.92 Å². The summed E-state index contributed by atoms with van der Waals surface area (Å²) in [6.45, 7) is 4.12. The van der Waals surface area contributed by atoms with Gasteiger partial charge in [0.2, 0.25) is 5.82 Å². The highest BCUT2D eigenvalue weighted by molar-refractivity contribution is 5.90. The summed E-state index contributed by atoms with van der Waals surface area (Å²) >= 11 is 0. The lowest BCUT2D eigenvalue weighted by atomic mass is 10.4. The SMILES string of the molecule is CCc1nc(C(=O)NCCCOCC2CC2)n[nH]1. The predicted octanol–water partition coefficient (Wildman–Crippen LogP) is 0.914. The molecule has 0 aliphatic heterocycles. The van der Waals surface area contributed by atoms with Crippen molar-refractivity contribution in [2.45, 2.75) is 32.6 Å². The first-order chi connectivity index (χ1) is 8.79. The summed E-state index contributed by atoms with van der Waals surface area (Å²) in [4.78, 5) is 15.7. The van der Waals surface area contributed by atoms with E-state index in [1.165, 1.54) is 12.8 Å². The number of hydrogen-bond acceptors (Lipinski definition) is 4. The van der Waals surface area contributed by atoms with Crippen LogP contribution in [0.2, 0.25) is 0 Å². The second-order valence-corrected chi connectivity index (χ2v) is 4.59. The minimum Gasteiger partial charge on any atom is -0.381 e. The van der Waals surface area contributed by atoms with Gasteiger partial charge in [-0.15, -0.1) is 5.10 Å². The number of H-pyrrole nitrogens is 1. The third-order valence-corrected chi connectivity index (χ3v) is 2.87. The predicted molar refractivity (Wildman–Crippen MR) is 66.3 cm³/mol. The Bertz CT molecular complexity index is 387. The Balaban J connectivity index is 1.56. The molecule has 0 atom stereocenters. The average Bonchev–Trinajstić information content (AvgIpc) is 3.07. The Morgan fingerprint density at radius 2 is 2.39 bits per heavy atom. The second kappa shape index (κ2) is 6.49. The molecular formula is C12H20N4O2. The van der Waals surface area contributed by atoms with Crippen LogP contribution in [-0.4, -0.2) is 40.8 Å². The summed E-state index contributed by atoms with van der Waals surface area (Å²) in [6.07, 6.45) is 4.18. The number of aromatic amines is 1. The Kier molecular flexibility index (Phi) is 4.69. The number of carbonyl (C=O) groups is 1. The number of nitrogens with one attached hydrogen (secondary N) is 2. The largest absolute Gasteiger partial charge is 0.381 e. The first-order valence-corrected chi connectivity index (χ1v) is 6.56. The molecule has 6 heteroatoms. The van der Waals surface area contributed by atoms with E-state index in [1.807, 2.05) is 6.92 Å². The van der Waals surface area contributed by atoms with Gasteiger partial charge in [0, 0.05) is 26.2 Å². The van der Waals surface area contributed by atoms with E-state index in [4.69, 9.17) is 4.74 Å². The van der Waals surface area contributed by atoms with E-state index in [0.717, 1.165) is 31.2 Å². The van der Waals surface area contributed by atoms with Crippen molar-refractivity contribution in [2.24, 2.45) is 5.92 Å². The molecule has 1 saturated carbocycles. The maximum absolute atomic E-state index is 11.6. The summed E-state index contributed by atoms with van der Waals surface area (Å²) in [6, 6.07) is 0. The highest BCUT2D eigenvalue weighted by atomic mass is 16.5. The lowest BCUT2D eigenvalue weighted by molar-refractivity contribution is 0.0927. The summed E-state index contributed by atoms with van der Waals surface area (Å²) in [7, 11) is 0. The number of amides is 1. The fourth-order valence-electron chi connectivity index (χ4n) is 1.54. The zero-order valence-corrected chi connectivity index (χ0v) is 10.7. The van der Waals surface area contributed by atoms with Crippen LogP contribution in [0.4, 0.5) is 0 Å². The van der Waals surface area contributed by atoms with E-state index in [1.54, 1.807) is 0 Å². The van der Waals surface area contributed by atoms with E-state index < -0.39 is 0 Å². The monoisotopic (exact) mass is 252 g/mol. The summed E-state index contributed by atoms with van der Waals surface area (Å²) in [5.41, 5.74) is 0. The van der Waals surface area contributed by atoms with Crippen molar-refractivity contribution >= 4 is 5.91 Å².